The molecule has 2 aromatic rings. The predicted molar refractivity (Wildman–Crippen MR) is 137 cm³/mol. The lowest BCUT2D eigenvalue weighted by atomic mass is 9.95. The smallest absolute Gasteiger partial charge is 0.355 e. The molecule has 1 N–H and O–H groups in total. The van der Waals surface area contributed by atoms with Gasteiger partial charge in [-0.05, 0) is 63.3 Å². The van der Waals surface area contributed by atoms with Crippen molar-refractivity contribution in [3.63, 3.8) is 0 Å². The highest BCUT2D eigenvalue weighted by Crippen LogP contribution is 2.24. The molecule has 0 saturated carbocycles. The quantitative estimate of drug-likeness (QED) is 0.593. The summed E-state index contributed by atoms with van der Waals surface area (Å²) >= 11 is 0. The number of pyridine rings is 1. The van der Waals surface area contributed by atoms with E-state index in [1.165, 1.54) is 0 Å². The molecule has 1 unspecified atom stereocenters. The molecule has 2 amide bonds. The third-order valence-electron chi connectivity index (χ3n) is 7.35. The molecule has 0 spiro atoms. The van der Waals surface area contributed by atoms with Crippen LogP contribution in [0.2, 0.25) is 0 Å². The van der Waals surface area contributed by atoms with Crippen molar-refractivity contribution in [1.29, 1.82) is 0 Å². The molecule has 1 atom stereocenters. The fourth-order valence-electron chi connectivity index (χ4n) is 5.32. The Hall–Kier alpha value is -3.36. The highest BCUT2D eigenvalue weighted by molar-refractivity contribution is 5.90. The lowest BCUT2D eigenvalue weighted by Gasteiger charge is -2.39. The Morgan fingerprint density at radius 1 is 1.08 bits per heavy atom. The molecule has 2 aliphatic heterocycles. The molecule has 2 aliphatic rings. The fraction of sp³-hybridized carbons (Fsp3) is 0.556. The van der Waals surface area contributed by atoms with E-state index < -0.39 is 0 Å². The minimum absolute atomic E-state index is 0.0603. The average molecular weight is 496 g/mol. The molecule has 36 heavy (non-hydrogen) atoms. The van der Waals surface area contributed by atoms with Crippen molar-refractivity contribution in [2.24, 2.45) is 5.92 Å². The Kier molecular flexibility index (Phi) is 8.28. The number of aryl methyl sites for hydroxylation is 1. The van der Waals surface area contributed by atoms with Crippen LogP contribution < -0.4 is 4.90 Å². The lowest BCUT2D eigenvalue weighted by molar-refractivity contribution is -0.141. The molecule has 4 heterocycles. The van der Waals surface area contributed by atoms with E-state index in [1.807, 2.05) is 41.8 Å². The number of aromatic amines is 1. The molecule has 9 nitrogen and oxygen atoms in total. The molecule has 2 aromatic heterocycles. The summed E-state index contributed by atoms with van der Waals surface area (Å²) in [7, 11) is 0. The fourth-order valence-corrected chi connectivity index (χ4v) is 5.32. The largest absolute Gasteiger partial charge is 0.461 e. The number of aromatic nitrogens is 2. The van der Waals surface area contributed by atoms with Gasteiger partial charge in [0.15, 0.2) is 0 Å². The molecule has 0 aliphatic carbocycles. The molecule has 0 bridgehead atoms. The monoisotopic (exact) mass is 495 g/mol. The second-order valence-corrected chi connectivity index (χ2v) is 9.63. The van der Waals surface area contributed by atoms with Gasteiger partial charge in [-0.25, -0.2) is 9.78 Å². The number of piperazine rings is 1. The first-order chi connectivity index (χ1) is 17.4. The zero-order valence-electron chi connectivity index (χ0n) is 21.6. The number of rotatable bonds is 7. The molecule has 194 valence electrons. The summed E-state index contributed by atoms with van der Waals surface area (Å²) in [5.41, 5.74) is 3.18. The molecule has 9 heteroatoms. The number of carbonyl (C=O) groups is 3. The lowest BCUT2D eigenvalue weighted by Crippen LogP contribution is -2.53. The molecule has 0 radical (unpaired) electrons. The van der Waals surface area contributed by atoms with Crippen LogP contribution in [0.3, 0.4) is 0 Å². The van der Waals surface area contributed by atoms with E-state index in [0.717, 1.165) is 48.6 Å². The maximum absolute atomic E-state index is 13.3. The molecule has 2 fully saturated rings. The van der Waals surface area contributed by atoms with Crippen LogP contribution in [-0.4, -0.2) is 83.4 Å². The molecular weight excluding hydrogens is 458 g/mol. The van der Waals surface area contributed by atoms with Crippen LogP contribution in [0.15, 0.2) is 24.4 Å². The van der Waals surface area contributed by atoms with Gasteiger partial charge >= 0.3 is 5.97 Å². The van der Waals surface area contributed by atoms with E-state index in [-0.39, 0.29) is 23.7 Å². The predicted octanol–water partition coefficient (Wildman–Crippen LogP) is 2.72. The second-order valence-electron chi connectivity index (χ2n) is 9.63. The Labute approximate surface area is 212 Å². The first-order valence-electron chi connectivity index (χ1n) is 13.0. The van der Waals surface area contributed by atoms with Gasteiger partial charge in [0.1, 0.15) is 11.5 Å². The van der Waals surface area contributed by atoms with Gasteiger partial charge in [-0.15, -0.1) is 0 Å². The molecule has 4 rings (SSSR count). The number of carbonyl (C=O) groups excluding carboxylic acids is 3. The number of hydrogen-bond acceptors (Lipinski definition) is 6. The number of nitrogens with one attached hydrogen (secondary N) is 1. The van der Waals surface area contributed by atoms with Crippen molar-refractivity contribution in [2.45, 2.75) is 46.5 Å². The van der Waals surface area contributed by atoms with Gasteiger partial charge in [-0.3, -0.25) is 9.59 Å². The normalized spacial score (nSPS) is 18.3. The zero-order chi connectivity index (χ0) is 25.7. The highest BCUT2D eigenvalue weighted by Gasteiger charge is 2.33. The summed E-state index contributed by atoms with van der Waals surface area (Å²) in [6, 6.07) is 5.88. The third kappa shape index (κ3) is 5.71. The number of anilines is 1. The van der Waals surface area contributed by atoms with Crippen LogP contribution in [0, 0.1) is 19.8 Å². The van der Waals surface area contributed by atoms with Crippen LogP contribution in [0.1, 0.15) is 53.5 Å². The number of piperidine rings is 1. The molecule has 0 aromatic carbocycles. The number of esters is 1. The Morgan fingerprint density at radius 3 is 2.56 bits per heavy atom. The number of amides is 2. The van der Waals surface area contributed by atoms with E-state index in [2.05, 4.69) is 14.9 Å². The Bertz CT molecular complexity index is 1080. The number of hydrogen-bond donors (Lipinski definition) is 1. The molecular formula is C27H37N5O4. The van der Waals surface area contributed by atoms with Crippen LogP contribution >= 0.6 is 0 Å². The second kappa shape index (κ2) is 11.6. The van der Waals surface area contributed by atoms with Crippen molar-refractivity contribution >= 4 is 23.6 Å². The summed E-state index contributed by atoms with van der Waals surface area (Å²) in [5, 5.41) is 0. The molecule has 2 saturated heterocycles. The highest BCUT2D eigenvalue weighted by atomic mass is 16.5. The third-order valence-corrected chi connectivity index (χ3v) is 7.35. The standard InChI is InChI=1S/C27H37N5O4/c1-4-36-27(35)25-19(2)22(20(3)29-25)10-11-24(33)32-13-7-8-21(18-32)26(34)31-16-14-30(15-17-31)23-9-5-6-12-28-23/h5-6,9,12,21,29H,4,7-8,10-11,13-18H2,1-3H3. The van der Waals surface area contributed by atoms with Crippen molar-refractivity contribution < 1.29 is 19.1 Å². The SMILES string of the molecule is CCOC(=O)c1[nH]c(C)c(CCC(=O)N2CCCC(C(=O)N3CCN(c4ccccn4)CC3)C2)c1C. The Balaban J connectivity index is 1.29. The summed E-state index contributed by atoms with van der Waals surface area (Å²) in [4.78, 5) is 52.0. The van der Waals surface area contributed by atoms with E-state index >= 15 is 0 Å². The number of likely N-dealkylation sites (tertiary alicyclic amines) is 1. The first-order valence-corrected chi connectivity index (χ1v) is 13.0. The summed E-state index contributed by atoms with van der Waals surface area (Å²) < 4.78 is 5.12. The first kappa shape index (κ1) is 25.7. The van der Waals surface area contributed by atoms with E-state index in [1.54, 1.807) is 13.1 Å². The van der Waals surface area contributed by atoms with Gasteiger partial charge in [0.2, 0.25) is 11.8 Å². The van der Waals surface area contributed by atoms with Crippen LogP contribution in [-0.2, 0) is 20.7 Å². The van der Waals surface area contributed by atoms with Gasteiger partial charge in [-0.1, -0.05) is 6.07 Å². The van der Waals surface area contributed by atoms with Crippen molar-refractivity contribution in [3.05, 3.63) is 46.9 Å². The van der Waals surface area contributed by atoms with Crippen LogP contribution in [0.5, 0.6) is 0 Å². The van der Waals surface area contributed by atoms with Crippen molar-refractivity contribution in [2.75, 3.05) is 50.8 Å². The number of H-pyrrole nitrogens is 1. The van der Waals surface area contributed by atoms with E-state index in [0.29, 0.717) is 51.3 Å². The summed E-state index contributed by atoms with van der Waals surface area (Å²) in [5.74, 6) is 0.653. The average Bonchev–Trinajstić information content (AvgIpc) is 3.20. The van der Waals surface area contributed by atoms with E-state index in [4.69, 9.17) is 4.74 Å². The van der Waals surface area contributed by atoms with Crippen molar-refractivity contribution in [3.8, 4) is 0 Å². The maximum atomic E-state index is 13.3. The Morgan fingerprint density at radius 2 is 1.86 bits per heavy atom. The van der Waals surface area contributed by atoms with Crippen molar-refractivity contribution in [1.82, 2.24) is 19.8 Å². The van der Waals surface area contributed by atoms with Gasteiger partial charge in [0.05, 0.1) is 12.5 Å². The van der Waals surface area contributed by atoms with Crippen LogP contribution in [0.4, 0.5) is 5.82 Å². The van der Waals surface area contributed by atoms with Gasteiger partial charge < -0.3 is 24.4 Å². The topological polar surface area (TPSA) is 98.8 Å². The minimum Gasteiger partial charge on any atom is -0.461 e. The summed E-state index contributed by atoms with van der Waals surface area (Å²) in [6.45, 7) is 9.95. The maximum Gasteiger partial charge on any atom is 0.355 e. The zero-order valence-corrected chi connectivity index (χ0v) is 21.6. The van der Waals surface area contributed by atoms with Crippen LogP contribution in [0.25, 0.3) is 0 Å². The number of ether oxygens (including phenoxy) is 1. The van der Waals surface area contributed by atoms with Gasteiger partial charge in [0.25, 0.3) is 0 Å². The minimum atomic E-state index is -0.367. The van der Waals surface area contributed by atoms with E-state index in [9.17, 15) is 14.4 Å². The van der Waals surface area contributed by atoms with Gasteiger partial charge in [0, 0.05) is 57.6 Å². The van der Waals surface area contributed by atoms with Gasteiger partial charge in [-0.2, -0.15) is 0 Å². The summed E-state index contributed by atoms with van der Waals surface area (Å²) in [6.07, 6.45) is 4.36. The number of nitrogens with zero attached hydrogens (tertiary/aromatic N) is 4.